The van der Waals surface area contributed by atoms with E-state index in [1.54, 1.807) is 27.7 Å². The van der Waals surface area contributed by atoms with E-state index in [9.17, 15) is 19.8 Å². The molecule has 1 aliphatic rings. The van der Waals surface area contributed by atoms with E-state index in [0.717, 1.165) is 0 Å². The molecule has 1 fully saturated rings. The molecule has 3 N–H and O–H groups in total. The summed E-state index contributed by atoms with van der Waals surface area (Å²) in [6.45, 7) is 7.11. The maximum absolute atomic E-state index is 12.0. The van der Waals surface area contributed by atoms with Gasteiger partial charge in [-0.15, -0.1) is 0 Å². The number of nitrogens with one attached hydrogen (secondary N) is 1. The van der Waals surface area contributed by atoms with Gasteiger partial charge in [0.15, 0.2) is 0 Å². The molecule has 0 aromatic rings. The molecule has 0 spiro atoms. The maximum atomic E-state index is 12.0. The van der Waals surface area contributed by atoms with E-state index < -0.39 is 23.7 Å². The molecular formula is C12H22N2O4. The van der Waals surface area contributed by atoms with Crippen LogP contribution in [-0.4, -0.2) is 58.3 Å². The van der Waals surface area contributed by atoms with E-state index >= 15 is 0 Å². The first kappa shape index (κ1) is 14.9. The van der Waals surface area contributed by atoms with Gasteiger partial charge in [-0.05, 0) is 6.92 Å². The van der Waals surface area contributed by atoms with Crippen molar-refractivity contribution in [1.82, 2.24) is 10.2 Å². The van der Waals surface area contributed by atoms with Crippen LogP contribution >= 0.6 is 0 Å². The molecule has 0 saturated carbocycles. The Labute approximate surface area is 107 Å². The zero-order valence-corrected chi connectivity index (χ0v) is 11.3. The Morgan fingerprint density at radius 1 is 1.22 bits per heavy atom. The van der Waals surface area contributed by atoms with Crippen molar-refractivity contribution in [2.75, 3.05) is 13.1 Å². The molecular weight excluding hydrogens is 236 g/mol. The minimum absolute atomic E-state index is 0.107. The fourth-order valence-corrected chi connectivity index (χ4v) is 1.70. The zero-order chi connectivity index (χ0) is 14.1. The lowest BCUT2D eigenvalue weighted by atomic mass is 9.95. The third-order valence-corrected chi connectivity index (χ3v) is 2.97. The van der Waals surface area contributed by atoms with E-state index in [4.69, 9.17) is 0 Å². The summed E-state index contributed by atoms with van der Waals surface area (Å²) < 4.78 is 0. The van der Waals surface area contributed by atoms with Crippen LogP contribution in [0.3, 0.4) is 0 Å². The van der Waals surface area contributed by atoms with Crippen molar-refractivity contribution in [1.29, 1.82) is 0 Å². The first-order valence-electron chi connectivity index (χ1n) is 6.09. The van der Waals surface area contributed by atoms with Gasteiger partial charge < -0.3 is 20.4 Å². The fourth-order valence-electron chi connectivity index (χ4n) is 1.70. The first-order chi connectivity index (χ1) is 8.12. The molecule has 18 heavy (non-hydrogen) atoms. The van der Waals surface area contributed by atoms with Crippen molar-refractivity contribution in [2.24, 2.45) is 5.41 Å². The summed E-state index contributed by atoms with van der Waals surface area (Å²) in [6.07, 6.45) is -1.81. The van der Waals surface area contributed by atoms with Crippen LogP contribution in [0.1, 0.15) is 27.7 Å². The first-order valence-corrected chi connectivity index (χ1v) is 6.09. The van der Waals surface area contributed by atoms with Gasteiger partial charge in [-0.25, -0.2) is 0 Å². The van der Waals surface area contributed by atoms with Crippen molar-refractivity contribution in [3.8, 4) is 0 Å². The number of amides is 2. The van der Waals surface area contributed by atoms with Crippen LogP contribution < -0.4 is 5.32 Å². The summed E-state index contributed by atoms with van der Waals surface area (Å²) in [5, 5.41) is 21.4. The largest absolute Gasteiger partial charge is 0.388 e. The lowest BCUT2D eigenvalue weighted by Gasteiger charge is -2.24. The molecule has 3 unspecified atom stereocenters. The van der Waals surface area contributed by atoms with Gasteiger partial charge >= 0.3 is 0 Å². The van der Waals surface area contributed by atoms with Crippen molar-refractivity contribution in [3.05, 3.63) is 0 Å². The Balaban J connectivity index is 2.55. The highest BCUT2D eigenvalue weighted by atomic mass is 16.3. The number of nitrogens with zero attached hydrogens (tertiary/aromatic N) is 1. The molecule has 0 radical (unpaired) electrons. The molecule has 1 heterocycles. The summed E-state index contributed by atoms with van der Waals surface area (Å²) in [6, 6.07) is -0.658. The topological polar surface area (TPSA) is 89.9 Å². The van der Waals surface area contributed by atoms with Gasteiger partial charge in [0.05, 0.1) is 12.2 Å². The summed E-state index contributed by atoms with van der Waals surface area (Å²) in [5.41, 5.74) is -0.557. The van der Waals surface area contributed by atoms with Crippen LogP contribution in [-0.2, 0) is 9.59 Å². The average molecular weight is 258 g/mol. The number of hydrogen-bond acceptors (Lipinski definition) is 4. The molecule has 104 valence electrons. The molecule has 0 bridgehead atoms. The minimum Gasteiger partial charge on any atom is -0.388 e. The second kappa shape index (κ2) is 5.24. The summed E-state index contributed by atoms with van der Waals surface area (Å²) >= 11 is 0. The molecule has 1 saturated heterocycles. The zero-order valence-electron chi connectivity index (χ0n) is 11.3. The maximum Gasteiger partial charge on any atom is 0.245 e. The molecule has 6 heteroatoms. The van der Waals surface area contributed by atoms with Crippen LogP contribution in [0.15, 0.2) is 0 Å². The van der Waals surface area contributed by atoms with Crippen LogP contribution in [0.2, 0.25) is 0 Å². The third-order valence-electron chi connectivity index (χ3n) is 2.97. The normalized spacial score (nSPS) is 26.0. The van der Waals surface area contributed by atoms with Gasteiger partial charge in [-0.1, -0.05) is 20.8 Å². The highest BCUT2D eigenvalue weighted by Crippen LogP contribution is 2.14. The lowest BCUT2D eigenvalue weighted by Crippen LogP contribution is -2.49. The van der Waals surface area contributed by atoms with Gasteiger partial charge in [-0.2, -0.15) is 0 Å². The Kier molecular flexibility index (Phi) is 4.34. The highest BCUT2D eigenvalue weighted by Gasteiger charge is 2.35. The van der Waals surface area contributed by atoms with E-state index in [-0.39, 0.29) is 24.9 Å². The molecule has 0 aromatic carbocycles. The van der Waals surface area contributed by atoms with Crippen molar-refractivity contribution >= 4 is 11.8 Å². The van der Waals surface area contributed by atoms with Crippen molar-refractivity contribution in [3.63, 3.8) is 0 Å². The third kappa shape index (κ3) is 3.43. The Bertz CT molecular complexity index is 327. The Morgan fingerprint density at radius 2 is 1.67 bits per heavy atom. The monoisotopic (exact) mass is 258 g/mol. The molecule has 0 aliphatic carbocycles. The molecule has 1 rings (SSSR count). The molecule has 0 aromatic heterocycles. The van der Waals surface area contributed by atoms with Gasteiger partial charge in [0, 0.05) is 18.5 Å². The predicted octanol–water partition coefficient (Wildman–Crippen LogP) is -0.899. The average Bonchev–Trinajstić information content (AvgIpc) is 2.56. The number of carbonyl (C=O) groups is 2. The van der Waals surface area contributed by atoms with E-state index in [1.807, 2.05) is 0 Å². The predicted molar refractivity (Wildman–Crippen MR) is 65.7 cm³/mol. The van der Waals surface area contributed by atoms with Gasteiger partial charge in [0.25, 0.3) is 0 Å². The van der Waals surface area contributed by atoms with Crippen LogP contribution in [0.4, 0.5) is 0 Å². The molecule has 3 atom stereocenters. The van der Waals surface area contributed by atoms with E-state index in [2.05, 4.69) is 5.32 Å². The second-order valence-corrected chi connectivity index (χ2v) is 5.82. The van der Waals surface area contributed by atoms with Crippen molar-refractivity contribution < 1.29 is 19.8 Å². The van der Waals surface area contributed by atoms with Gasteiger partial charge in [0.1, 0.15) is 6.04 Å². The van der Waals surface area contributed by atoms with Crippen molar-refractivity contribution in [2.45, 2.75) is 45.9 Å². The van der Waals surface area contributed by atoms with E-state index in [1.165, 1.54) is 4.90 Å². The quantitative estimate of drug-likeness (QED) is 0.599. The summed E-state index contributed by atoms with van der Waals surface area (Å²) in [4.78, 5) is 25.1. The summed E-state index contributed by atoms with van der Waals surface area (Å²) in [7, 11) is 0. The smallest absolute Gasteiger partial charge is 0.245 e. The molecule has 2 amide bonds. The Morgan fingerprint density at radius 3 is 2.06 bits per heavy atom. The van der Waals surface area contributed by atoms with Crippen LogP contribution in [0.5, 0.6) is 0 Å². The van der Waals surface area contributed by atoms with Gasteiger partial charge in [-0.3, -0.25) is 9.59 Å². The second-order valence-electron chi connectivity index (χ2n) is 5.82. The lowest BCUT2D eigenvalue weighted by molar-refractivity contribution is -0.137. The standard InChI is InChI=1S/C12H22N2O4/c1-7(13-11(18)12(2,3)4)10(17)14-5-8(15)9(16)6-14/h7-9,15-16H,5-6H2,1-4H3,(H,13,18). The number of hydrogen-bond donors (Lipinski definition) is 3. The highest BCUT2D eigenvalue weighted by molar-refractivity contribution is 5.89. The Hall–Kier alpha value is -1.14. The number of aliphatic hydroxyl groups excluding tert-OH is 2. The van der Waals surface area contributed by atoms with Gasteiger partial charge in [0.2, 0.25) is 11.8 Å². The molecule has 6 nitrogen and oxygen atoms in total. The van der Waals surface area contributed by atoms with Crippen LogP contribution in [0.25, 0.3) is 0 Å². The molecule has 1 aliphatic heterocycles. The number of carbonyl (C=O) groups excluding carboxylic acids is 2. The number of likely N-dealkylation sites (tertiary alicyclic amines) is 1. The minimum atomic E-state index is -0.903. The van der Waals surface area contributed by atoms with Crippen LogP contribution in [0, 0.1) is 5.41 Å². The number of β-amino-alcohol motifs (C(OH)–C–C–N with tert-alkyl or cyclic N) is 2. The van der Waals surface area contributed by atoms with E-state index in [0.29, 0.717) is 0 Å². The number of rotatable bonds is 2. The number of aliphatic hydroxyl groups is 2. The SMILES string of the molecule is CC(NC(=O)C(C)(C)C)C(=O)N1CC(O)C(O)C1. The fraction of sp³-hybridized carbons (Fsp3) is 0.833. The summed E-state index contributed by atoms with van der Waals surface area (Å²) in [5.74, 6) is -0.494.